The van der Waals surface area contributed by atoms with Gasteiger partial charge in [0.05, 0.1) is 29.3 Å². The Hall–Kier alpha value is -3.68. The second-order valence-electron chi connectivity index (χ2n) is 6.85. The van der Waals surface area contributed by atoms with Crippen molar-refractivity contribution < 1.29 is 19.2 Å². The Bertz CT molecular complexity index is 1030. The largest absolute Gasteiger partial charge is 0.466 e. The highest BCUT2D eigenvalue weighted by atomic mass is 16.6. The van der Waals surface area contributed by atoms with Gasteiger partial charge in [0.25, 0.3) is 5.69 Å². The van der Waals surface area contributed by atoms with E-state index in [1.807, 2.05) is 32.0 Å². The first-order chi connectivity index (χ1) is 13.7. The maximum atomic E-state index is 13.0. The van der Waals surface area contributed by atoms with Gasteiger partial charge in [-0.3, -0.25) is 15.0 Å². The van der Waals surface area contributed by atoms with Gasteiger partial charge in [-0.25, -0.2) is 9.59 Å². The van der Waals surface area contributed by atoms with Crippen LogP contribution in [0.25, 0.3) is 0 Å². The van der Waals surface area contributed by atoms with Gasteiger partial charge in [0.2, 0.25) is 0 Å². The summed E-state index contributed by atoms with van der Waals surface area (Å²) in [5.41, 5.74) is 3.78. The van der Waals surface area contributed by atoms with Gasteiger partial charge in [-0.05, 0) is 50.1 Å². The van der Waals surface area contributed by atoms with E-state index in [-0.39, 0.29) is 11.3 Å². The average Bonchev–Trinajstić information content (AvgIpc) is 2.68. The molecule has 0 aromatic heterocycles. The molecule has 150 valence electrons. The normalized spacial score (nSPS) is 16.5. The zero-order valence-electron chi connectivity index (χ0n) is 16.6. The van der Waals surface area contributed by atoms with Crippen molar-refractivity contribution in [2.45, 2.75) is 26.8 Å². The maximum absolute atomic E-state index is 13.0. The molecule has 0 spiro atoms. The van der Waals surface area contributed by atoms with E-state index in [4.69, 9.17) is 4.74 Å². The van der Waals surface area contributed by atoms with Crippen LogP contribution < -0.4 is 10.2 Å². The van der Waals surface area contributed by atoms with Crippen LogP contribution in [-0.4, -0.2) is 24.0 Å². The lowest BCUT2D eigenvalue weighted by Gasteiger charge is -2.36. The first kappa shape index (κ1) is 20.1. The van der Waals surface area contributed by atoms with Crippen LogP contribution in [0.4, 0.5) is 16.2 Å². The third-order valence-electron chi connectivity index (χ3n) is 4.92. The van der Waals surface area contributed by atoms with Crippen LogP contribution in [0.1, 0.15) is 29.7 Å². The van der Waals surface area contributed by atoms with Gasteiger partial charge < -0.3 is 10.1 Å². The number of nitrogens with zero attached hydrogens (tertiary/aromatic N) is 2. The number of methoxy groups -OCH3 is 1. The molecule has 3 rings (SSSR count). The Morgan fingerprint density at radius 3 is 2.34 bits per heavy atom. The van der Waals surface area contributed by atoms with Crippen molar-refractivity contribution in [2.24, 2.45) is 0 Å². The Morgan fingerprint density at radius 2 is 1.79 bits per heavy atom. The number of esters is 1. The van der Waals surface area contributed by atoms with Gasteiger partial charge in [-0.1, -0.05) is 17.7 Å². The fraction of sp³-hybridized carbons (Fsp3) is 0.238. The summed E-state index contributed by atoms with van der Waals surface area (Å²) in [6, 6.07) is 10.2. The summed E-state index contributed by atoms with van der Waals surface area (Å²) in [6.07, 6.45) is 0. The molecule has 1 heterocycles. The summed E-state index contributed by atoms with van der Waals surface area (Å²) in [4.78, 5) is 37.4. The molecule has 2 amide bonds. The number of amides is 2. The van der Waals surface area contributed by atoms with E-state index in [0.29, 0.717) is 16.9 Å². The first-order valence-corrected chi connectivity index (χ1v) is 8.96. The third kappa shape index (κ3) is 3.69. The molecule has 0 bridgehead atoms. The second kappa shape index (κ2) is 7.75. The monoisotopic (exact) mass is 395 g/mol. The van der Waals surface area contributed by atoms with Gasteiger partial charge in [0.1, 0.15) is 0 Å². The summed E-state index contributed by atoms with van der Waals surface area (Å²) < 4.78 is 4.96. The minimum Gasteiger partial charge on any atom is -0.466 e. The highest BCUT2D eigenvalue weighted by Crippen LogP contribution is 2.35. The number of aryl methyl sites for hydroxylation is 2. The topological polar surface area (TPSA) is 102 Å². The number of nitrogens with one attached hydrogen (secondary N) is 1. The Kier molecular flexibility index (Phi) is 5.36. The maximum Gasteiger partial charge on any atom is 0.337 e. The summed E-state index contributed by atoms with van der Waals surface area (Å²) >= 11 is 0. The predicted octanol–water partition coefficient (Wildman–Crippen LogP) is 3.93. The van der Waals surface area contributed by atoms with Gasteiger partial charge in [0, 0.05) is 17.8 Å². The molecule has 0 aliphatic carbocycles. The van der Waals surface area contributed by atoms with E-state index >= 15 is 0 Å². The van der Waals surface area contributed by atoms with Crippen LogP contribution in [0.5, 0.6) is 0 Å². The van der Waals surface area contributed by atoms with Crippen molar-refractivity contribution in [3.63, 3.8) is 0 Å². The molecule has 0 saturated carbocycles. The highest BCUT2D eigenvalue weighted by molar-refractivity contribution is 6.03. The summed E-state index contributed by atoms with van der Waals surface area (Å²) in [6.45, 7) is 5.53. The van der Waals surface area contributed by atoms with Crippen LogP contribution in [0.2, 0.25) is 0 Å². The van der Waals surface area contributed by atoms with Crippen molar-refractivity contribution in [1.82, 2.24) is 5.32 Å². The SMILES string of the molecule is COC(=O)C1=C(C)N(c2ccc(C)cc2C)C(=O)N[C@@H]1c1ccc([N+](=O)[O-])cc1. The van der Waals surface area contributed by atoms with Crippen molar-refractivity contribution >= 4 is 23.4 Å². The molecule has 1 N–H and O–H groups in total. The summed E-state index contributed by atoms with van der Waals surface area (Å²) in [7, 11) is 1.27. The lowest BCUT2D eigenvalue weighted by Crippen LogP contribution is -2.48. The molecule has 1 atom stereocenters. The number of ether oxygens (including phenoxy) is 1. The lowest BCUT2D eigenvalue weighted by molar-refractivity contribution is -0.384. The third-order valence-corrected chi connectivity index (χ3v) is 4.92. The van der Waals surface area contributed by atoms with E-state index in [9.17, 15) is 19.7 Å². The zero-order valence-corrected chi connectivity index (χ0v) is 16.6. The van der Waals surface area contributed by atoms with Gasteiger partial charge >= 0.3 is 12.0 Å². The molecule has 1 aliphatic rings. The standard InChI is InChI=1S/C21H21N3O5/c1-12-5-10-17(13(2)11-12)23-14(3)18(20(25)29-4)19(22-21(23)26)15-6-8-16(9-7-15)24(27)28/h5-11,19H,1-4H3,(H,22,26)/t19-/m1/s1. The molecule has 8 nitrogen and oxygen atoms in total. The number of hydrogen-bond acceptors (Lipinski definition) is 5. The fourth-order valence-electron chi connectivity index (χ4n) is 3.50. The molecule has 8 heteroatoms. The number of allylic oxidation sites excluding steroid dienone is 1. The molecular formula is C21H21N3O5. The molecular weight excluding hydrogens is 374 g/mol. The lowest BCUT2D eigenvalue weighted by atomic mass is 9.94. The van der Waals surface area contributed by atoms with Crippen molar-refractivity contribution in [3.8, 4) is 0 Å². The molecule has 0 saturated heterocycles. The van der Waals surface area contributed by atoms with Crippen molar-refractivity contribution in [3.05, 3.63) is 80.5 Å². The van der Waals surface area contributed by atoms with E-state index in [1.165, 1.54) is 36.3 Å². The molecule has 29 heavy (non-hydrogen) atoms. The number of carbonyl (C=O) groups excluding carboxylic acids is 2. The molecule has 2 aromatic carbocycles. The van der Waals surface area contributed by atoms with Crippen LogP contribution in [0.15, 0.2) is 53.7 Å². The van der Waals surface area contributed by atoms with Crippen LogP contribution >= 0.6 is 0 Å². The van der Waals surface area contributed by atoms with E-state index in [2.05, 4.69) is 5.32 Å². The smallest absolute Gasteiger partial charge is 0.337 e. The summed E-state index contributed by atoms with van der Waals surface area (Å²) in [5.74, 6) is -0.583. The number of carbonyl (C=O) groups is 2. The van der Waals surface area contributed by atoms with Gasteiger partial charge in [0.15, 0.2) is 0 Å². The second-order valence-corrected chi connectivity index (χ2v) is 6.85. The quantitative estimate of drug-likeness (QED) is 0.480. The number of anilines is 1. The molecule has 0 unspecified atom stereocenters. The van der Waals surface area contributed by atoms with Crippen LogP contribution in [0.3, 0.4) is 0 Å². The van der Waals surface area contributed by atoms with Crippen molar-refractivity contribution in [1.29, 1.82) is 0 Å². The highest BCUT2D eigenvalue weighted by Gasteiger charge is 2.37. The van der Waals surface area contributed by atoms with E-state index < -0.39 is 23.0 Å². The summed E-state index contributed by atoms with van der Waals surface area (Å²) in [5, 5.41) is 13.7. The van der Waals surface area contributed by atoms with Gasteiger partial charge in [-0.2, -0.15) is 0 Å². The number of nitro groups is 1. The number of hydrogen-bond donors (Lipinski definition) is 1. The molecule has 2 aromatic rings. The number of urea groups is 1. The Labute approximate surface area is 167 Å². The number of nitro benzene ring substituents is 1. The minimum atomic E-state index is -0.780. The predicted molar refractivity (Wildman–Crippen MR) is 107 cm³/mol. The number of benzene rings is 2. The minimum absolute atomic E-state index is 0.0758. The van der Waals surface area contributed by atoms with E-state index in [1.54, 1.807) is 6.92 Å². The Balaban J connectivity index is 2.13. The van der Waals surface area contributed by atoms with Crippen LogP contribution in [0, 0.1) is 24.0 Å². The van der Waals surface area contributed by atoms with E-state index in [0.717, 1.165) is 11.1 Å². The first-order valence-electron chi connectivity index (χ1n) is 8.96. The fourth-order valence-corrected chi connectivity index (χ4v) is 3.50. The Morgan fingerprint density at radius 1 is 1.14 bits per heavy atom. The molecule has 0 fully saturated rings. The average molecular weight is 395 g/mol. The zero-order chi connectivity index (χ0) is 21.3. The number of rotatable bonds is 4. The van der Waals surface area contributed by atoms with Crippen molar-refractivity contribution in [2.75, 3.05) is 12.0 Å². The number of non-ortho nitro benzene ring substituents is 1. The van der Waals surface area contributed by atoms with Crippen LogP contribution in [-0.2, 0) is 9.53 Å². The van der Waals surface area contributed by atoms with Gasteiger partial charge in [-0.15, -0.1) is 0 Å². The molecule has 1 aliphatic heterocycles. The molecule has 0 radical (unpaired) electrons.